The molecule has 1 N–H and O–H groups in total. The number of hydrogen-bond acceptors (Lipinski definition) is 3. The van der Waals surface area contributed by atoms with Gasteiger partial charge < -0.3 is 0 Å². The summed E-state index contributed by atoms with van der Waals surface area (Å²) in [5, 5.41) is 4.04. The van der Waals surface area contributed by atoms with Gasteiger partial charge >= 0.3 is 0 Å². The molecule has 0 fully saturated rings. The Morgan fingerprint density at radius 3 is 3.14 bits per heavy atom. The number of thiophene rings is 1. The molecule has 1 aliphatic carbocycles. The number of amides is 1. The maximum atomic E-state index is 12.2. The lowest BCUT2D eigenvalue weighted by Gasteiger charge is -2.16. The molecule has 1 aromatic heterocycles. The van der Waals surface area contributed by atoms with Gasteiger partial charge in [-0.05, 0) is 54.5 Å². The molecule has 0 saturated carbocycles. The monoisotopic (exact) mass is 376 g/mol. The minimum absolute atomic E-state index is 0.127. The van der Waals surface area contributed by atoms with Gasteiger partial charge in [-0.25, -0.2) is 5.43 Å². The quantitative estimate of drug-likeness (QED) is 0.625. The first-order valence-corrected chi connectivity index (χ1v) is 8.93. The molecule has 1 heterocycles. The van der Waals surface area contributed by atoms with E-state index in [1.807, 2.05) is 30.3 Å². The van der Waals surface area contributed by atoms with Gasteiger partial charge in [-0.2, -0.15) is 5.10 Å². The number of nitrogens with zero attached hydrogens (tertiary/aromatic N) is 1. The highest BCUT2D eigenvalue weighted by molar-refractivity contribution is 9.10. The standard InChI is InChI=1S/C17H17BrN2OS/c1-11-5-6-15-13(7-11)9-16(22-15)17(21)20-19-10-12-3-2-4-14(18)8-12/h2-4,8-11H,5-7H2,1H3,(H,20,21)/b19-10-/t11-/m0/s1. The molecule has 2 aromatic rings. The SMILES string of the molecule is C[C@H]1CCc2sc(C(=O)N/N=C\c3cccc(Br)c3)cc2C1. The number of nitrogens with one attached hydrogen (secondary N) is 1. The van der Waals surface area contributed by atoms with Gasteiger partial charge in [0.1, 0.15) is 0 Å². The largest absolute Gasteiger partial charge is 0.281 e. The zero-order chi connectivity index (χ0) is 15.5. The van der Waals surface area contributed by atoms with Gasteiger partial charge in [-0.1, -0.05) is 35.0 Å². The number of aryl methyl sites for hydroxylation is 1. The molecule has 1 amide bonds. The zero-order valence-corrected chi connectivity index (χ0v) is 14.7. The van der Waals surface area contributed by atoms with Crippen LogP contribution in [-0.4, -0.2) is 12.1 Å². The molecule has 114 valence electrons. The molecule has 0 aliphatic heterocycles. The summed E-state index contributed by atoms with van der Waals surface area (Å²) in [4.78, 5) is 14.3. The first-order valence-electron chi connectivity index (χ1n) is 7.32. The maximum Gasteiger partial charge on any atom is 0.281 e. The van der Waals surface area contributed by atoms with E-state index >= 15 is 0 Å². The number of fused-ring (bicyclic) bond motifs is 1. The molecule has 1 aliphatic rings. The van der Waals surface area contributed by atoms with Gasteiger partial charge in [0.2, 0.25) is 0 Å². The van der Waals surface area contributed by atoms with Crippen LogP contribution >= 0.6 is 27.3 Å². The number of carbonyl (C=O) groups excluding carboxylic acids is 1. The molecule has 0 radical (unpaired) electrons. The van der Waals surface area contributed by atoms with E-state index in [4.69, 9.17) is 0 Å². The summed E-state index contributed by atoms with van der Waals surface area (Å²) < 4.78 is 0.989. The van der Waals surface area contributed by atoms with E-state index in [1.54, 1.807) is 17.6 Å². The fraction of sp³-hybridized carbons (Fsp3) is 0.294. The van der Waals surface area contributed by atoms with Crippen LogP contribution in [0.15, 0.2) is 39.9 Å². The van der Waals surface area contributed by atoms with Crippen LogP contribution in [-0.2, 0) is 12.8 Å². The third kappa shape index (κ3) is 3.65. The molecule has 1 aromatic carbocycles. The Kier molecular flexibility index (Phi) is 4.74. The van der Waals surface area contributed by atoms with Crippen LogP contribution in [0, 0.1) is 5.92 Å². The van der Waals surface area contributed by atoms with Gasteiger partial charge in [-0.15, -0.1) is 11.3 Å². The van der Waals surface area contributed by atoms with Crippen molar-refractivity contribution in [3.05, 3.63) is 55.7 Å². The van der Waals surface area contributed by atoms with Crippen molar-refractivity contribution in [1.82, 2.24) is 5.43 Å². The Bertz CT molecular complexity index is 723. The average Bonchev–Trinajstić information content (AvgIpc) is 2.90. The number of hydrogen-bond donors (Lipinski definition) is 1. The molecule has 3 nitrogen and oxygen atoms in total. The summed E-state index contributed by atoms with van der Waals surface area (Å²) in [6, 6.07) is 9.79. The van der Waals surface area contributed by atoms with Crippen LogP contribution < -0.4 is 5.43 Å². The molecule has 0 saturated heterocycles. The molecule has 0 unspecified atom stereocenters. The molecular formula is C17H17BrN2OS. The Balaban J connectivity index is 1.65. The summed E-state index contributed by atoms with van der Waals surface area (Å²) in [7, 11) is 0. The fourth-order valence-electron chi connectivity index (χ4n) is 2.63. The summed E-state index contributed by atoms with van der Waals surface area (Å²) in [6.07, 6.45) is 5.05. The number of carbonyl (C=O) groups is 1. The molecular weight excluding hydrogens is 360 g/mol. The minimum atomic E-state index is -0.127. The van der Waals surface area contributed by atoms with Crippen LogP contribution in [0.3, 0.4) is 0 Å². The number of rotatable bonds is 3. The van der Waals surface area contributed by atoms with E-state index in [9.17, 15) is 4.79 Å². The second kappa shape index (κ2) is 6.75. The highest BCUT2D eigenvalue weighted by Gasteiger charge is 2.20. The second-order valence-electron chi connectivity index (χ2n) is 5.66. The first kappa shape index (κ1) is 15.4. The van der Waals surface area contributed by atoms with Crippen LogP contribution in [0.1, 0.15) is 39.0 Å². The second-order valence-corrected chi connectivity index (χ2v) is 7.71. The predicted molar refractivity (Wildman–Crippen MR) is 94.7 cm³/mol. The minimum Gasteiger partial charge on any atom is -0.266 e. The van der Waals surface area contributed by atoms with Crippen molar-refractivity contribution in [2.75, 3.05) is 0 Å². The lowest BCUT2D eigenvalue weighted by atomic mass is 9.90. The highest BCUT2D eigenvalue weighted by atomic mass is 79.9. The molecule has 3 rings (SSSR count). The van der Waals surface area contributed by atoms with E-state index in [2.05, 4.69) is 33.4 Å². The average molecular weight is 377 g/mol. The van der Waals surface area contributed by atoms with Crippen molar-refractivity contribution >= 4 is 39.4 Å². The Hall–Kier alpha value is -1.46. The first-order chi connectivity index (χ1) is 10.6. The van der Waals surface area contributed by atoms with Crippen molar-refractivity contribution in [2.45, 2.75) is 26.2 Å². The Morgan fingerprint density at radius 1 is 1.45 bits per heavy atom. The molecule has 0 spiro atoms. The highest BCUT2D eigenvalue weighted by Crippen LogP contribution is 2.32. The summed E-state index contributed by atoms with van der Waals surface area (Å²) in [6.45, 7) is 2.27. The molecule has 22 heavy (non-hydrogen) atoms. The van der Waals surface area contributed by atoms with Crippen LogP contribution in [0.4, 0.5) is 0 Å². The van der Waals surface area contributed by atoms with Crippen molar-refractivity contribution in [2.24, 2.45) is 11.0 Å². The van der Waals surface area contributed by atoms with Crippen molar-refractivity contribution < 1.29 is 4.79 Å². The van der Waals surface area contributed by atoms with Gasteiger partial charge in [0.25, 0.3) is 5.91 Å². The van der Waals surface area contributed by atoms with Gasteiger partial charge in [0.05, 0.1) is 11.1 Å². The number of benzene rings is 1. The molecule has 0 bridgehead atoms. The topological polar surface area (TPSA) is 41.5 Å². The van der Waals surface area contributed by atoms with Gasteiger partial charge in [0, 0.05) is 9.35 Å². The van der Waals surface area contributed by atoms with Crippen molar-refractivity contribution in [3.63, 3.8) is 0 Å². The summed E-state index contributed by atoms with van der Waals surface area (Å²) >= 11 is 5.01. The summed E-state index contributed by atoms with van der Waals surface area (Å²) in [5.41, 5.74) is 4.89. The van der Waals surface area contributed by atoms with Gasteiger partial charge in [0.15, 0.2) is 0 Å². The number of hydrazone groups is 1. The Labute approximate surface area is 142 Å². The van der Waals surface area contributed by atoms with Crippen LogP contribution in [0.25, 0.3) is 0 Å². The Morgan fingerprint density at radius 2 is 2.32 bits per heavy atom. The predicted octanol–water partition coefficient (Wildman–Crippen LogP) is 4.40. The lowest BCUT2D eigenvalue weighted by molar-refractivity contribution is 0.0959. The van der Waals surface area contributed by atoms with Crippen molar-refractivity contribution in [1.29, 1.82) is 0 Å². The summed E-state index contributed by atoms with van der Waals surface area (Å²) in [5.74, 6) is 0.589. The van der Waals surface area contributed by atoms with E-state index in [-0.39, 0.29) is 5.91 Å². The zero-order valence-electron chi connectivity index (χ0n) is 12.3. The number of halogens is 1. The smallest absolute Gasteiger partial charge is 0.266 e. The third-order valence-corrected chi connectivity index (χ3v) is 5.51. The van der Waals surface area contributed by atoms with E-state index < -0.39 is 0 Å². The normalized spacial score (nSPS) is 17.5. The van der Waals surface area contributed by atoms with E-state index in [1.165, 1.54) is 16.9 Å². The van der Waals surface area contributed by atoms with E-state index in [0.29, 0.717) is 5.92 Å². The van der Waals surface area contributed by atoms with Gasteiger partial charge in [-0.3, -0.25) is 4.79 Å². The van der Waals surface area contributed by atoms with Crippen LogP contribution in [0.2, 0.25) is 0 Å². The van der Waals surface area contributed by atoms with Crippen LogP contribution in [0.5, 0.6) is 0 Å². The lowest BCUT2D eigenvalue weighted by Crippen LogP contribution is -2.16. The third-order valence-electron chi connectivity index (χ3n) is 3.78. The molecule has 1 atom stereocenters. The van der Waals surface area contributed by atoms with Crippen molar-refractivity contribution in [3.8, 4) is 0 Å². The molecule has 5 heteroatoms. The fourth-order valence-corrected chi connectivity index (χ4v) is 4.14. The maximum absolute atomic E-state index is 12.2. The van der Waals surface area contributed by atoms with E-state index in [0.717, 1.165) is 27.8 Å².